The molecule has 0 aromatic carbocycles. The van der Waals surface area contributed by atoms with Crippen LogP contribution in [0.3, 0.4) is 0 Å². The topological polar surface area (TPSA) is 91.7 Å². The van der Waals surface area contributed by atoms with Gasteiger partial charge in [0.15, 0.2) is 5.78 Å². The molecule has 5 nitrogen and oxygen atoms in total. The number of hydrogen-bond donors (Lipinski definition) is 2. The van der Waals surface area contributed by atoms with E-state index in [1.807, 2.05) is 6.08 Å². The van der Waals surface area contributed by atoms with E-state index in [2.05, 4.69) is 19.9 Å². The van der Waals surface area contributed by atoms with Gasteiger partial charge in [0.2, 0.25) is 0 Å². The van der Waals surface area contributed by atoms with Crippen molar-refractivity contribution in [3.05, 3.63) is 23.3 Å². The minimum Gasteiger partial charge on any atom is -0.393 e. The average Bonchev–Trinajstić information content (AvgIpc) is 3.53. The quantitative estimate of drug-likeness (QED) is 0.340. The number of allylic oxidation sites excluding steroid dienone is 3. The maximum absolute atomic E-state index is 12.5. The van der Waals surface area contributed by atoms with Crippen LogP contribution in [0.15, 0.2) is 23.3 Å². The van der Waals surface area contributed by atoms with Crippen LogP contribution in [0.1, 0.15) is 123 Å². The van der Waals surface area contributed by atoms with Gasteiger partial charge in [-0.25, -0.2) is 0 Å². The maximum atomic E-state index is 12.5. The highest BCUT2D eigenvalue weighted by Gasteiger charge is 2.61. The summed E-state index contributed by atoms with van der Waals surface area (Å²) in [4.78, 5) is 36.8. The summed E-state index contributed by atoms with van der Waals surface area (Å²) < 4.78 is 0. The van der Waals surface area contributed by atoms with Crippen LogP contribution in [-0.2, 0) is 14.4 Å². The molecule has 0 amide bonds. The van der Waals surface area contributed by atoms with Gasteiger partial charge in [-0.3, -0.25) is 14.4 Å². The first-order valence-corrected chi connectivity index (χ1v) is 18.1. The molecular formula is C38H54O5. The number of fused-ring (bicyclic) bond motifs is 10. The molecule has 6 fully saturated rings. The molecule has 0 aliphatic heterocycles. The number of carbonyl (C=O) groups excluding carboxylic acids is 3. The molecule has 43 heavy (non-hydrogen) atoms. The van der Waals surface area contributed by atoms with E-state index in [0.717, 1.165) is 57.8 Å². The standard InChI is InChI=1S/C19H26O3.C19H28O2/c1-2-19-10-16(21)18-13-6-4-12(20)9-11(13)3-5-14(18)15(19)7-8-17(19)22;1-2-19-11-16(20)18-13-6-4-3-5-12(13)7-8-14(18)15(19)9-10-17(19)21/h9,13-16,18,21H,2-8,10H2,1H3;5,13-16,18,20H,2-4,6-11H2,1H3/t2*13-,14-,15-,16?,18+,19-/m00/s1. The third-order valence-electron chi connectivity index (χ3n) is 14.8. The van der Waals surface area contributed by atoms with Gasteiger partial charge in [0.25, 0.3) is 0 Å². The first kappa shape index (κ1) is 30.1. The Hall–Kier alpha value is -1.59. The third-order valence-corrected chi connectivity index (χ3v) is 14.8. The molecule has 0 radical (unpaired) electrons. The molecule has 8 aliphatic carbocycles. The van der Waals surface area contributed by atoms with Crippen LogP contribution in [0.2, 0.25) is 0 Å². The van der Waals surface area contributed by atoms with Crippen LogP contribution in [0, 0.1) is 58.2 Å². The molecular weight excluding hydrogens is 536 g/mol. The highest BCUT2D eigenvalue weighted by Crippen LogP contribution is 2.63. The van der Waals surface area contributed by atoms with E-state index in [1.165, 1.54) is 37.7 Å². The largest absolute Gasteiger partial charge is 0.393 e. The van der Waals surface area contributed by atoms with E-state index < -0.39 is 0 Å². The SMILES string of the molecule is CC[C@]12CC(O)[C@H]3[C@@H](CCC4=CC(=O)CC[C@@H]43)[C@@H]1CCC2=O.CC[C@]12CC(O)[C@H]3[C@@H](CCC4=CCCC[C@@H]43)[C@@H]1CCC2=O. The number of carbonyl (C=O) groups is 3. The normalized spacial score (nSPS) is 48.3. The lowest BCUT2D eigenvalue weighted by atomic mass is 9.50. The van der Waals surface area contributed by atoms with E-state index in [1.54, 1.807) is 5.57 Å². The predicted octanol–water partition coefficient (Wildman–Crippen LogP) is 6.94. The Balaban J connectivity index is 0.000000140. The second-order valence-electron chi connectivity index (χ2n) is 15.9. The van der Waals surface area contributed by atoms with Crippen molar-refractivity contribution in [2.75, 3.05) is 0 Å². The monoisotopic (exact) mass is 590 g/mol. The zero-order valence-corrected chi connectivity index (χ0v) is 26.6. The summed E-state index contributed by atoms with van der Waals surface area (Å²) in [5.41, 5.74) is 2.50. The van der Waals surface area contributed by atoms with Crippen LogP contribution in [0.25, 0.3) is 0 Å². The van der Waals surface area contributed by atoms with Crippen LogP contribution >= 0.6 is 0 Å². The minimum atomic E-state index is -0.370. The Bertz CT molecular complexity index is 1210. The molecule has 0 spiro atoms. The zero-order valence-electron chi connectivity index (χ0n) is 26.6. The molecule has 12 atom stereocenters. The first-order chi connectivity index (χ1) is 20.7. The second-order valence-corrected chi connectivity index (χ2v) is 15.9. The molecule has 8 rings (SSSR count). The smallest absolute Gasteiger partial charge is 0.155 e. The Kier molecular flexibility index (Phi) is 7.93. The predicted molar refractivity (Wildman–Crippen MR) is 166 cm³/mol. The number of aliphatic hydroxyl groups is 2. The van der Waals surface area contributed by atoms with Crippen molar-refractivity contribution in [3.8, 4) is 0 Å². The summed E-state index contributed by atoms with van der Waals surface area (Å²) in [7, 11) is 0. The van der Waals surface area contributed by atoms with Gasteiger partial charge in [-0.1, -0.05) is 31.1 Å². The van der Waals surface area contributed by atoms with E-state index in [9.17, 15) is 24.6 Å². The van der Waals surface area contributed by atoms with Crippen LogP contribution in [0.4, 0.5) is 0 Å². The summed E-state index contributed by atoms with van der Waals surface area (Å²) in [5.74, 6) is 4.96. The van der Waals surface area contributed by atoms with E-state index >= 15 is 0 Å². The lowest BCUT2D eigenvalue weighted by Crippen LogP contribution is -2.54. The van der Waals surface area contributed by atoms with Crippen molar-refractivity contribution in [1.29, 1.82) is 0 Å². The Morgan fingerprint density at radius 3 is 1.77 bits per heavy atom. The van der Waals surface area contributed by atoms with Crippen molar-refractivity contribution in [1.82, 2.24) is 0 Å². The van der Waals surface area contributed by atoms with Crippen LogP contribution < -0.4 is 0 Å². The van der Waals surface area contributed by atoms with Gasteiger partial charge in [-0.05, 0) is 143 Å². The summed E-state index contributed by atoms with van der Waals surface area (Å²) >= 11 is 0. The number of Topliss-reactive ketones (excluding diaryl/α,β-unsaturated/α-hetero) is 2. The van der Waals surface area contributed by atoms with Gasteiger partial charge in [-0.2, -0.15) is 0 Å². The van der Waals surface area contributed by atoms with Crippen molar-refractivity contribution in [2.45, 2.75) is 135 Å². The highest BCUT2D eigenvalue weighted by atomic mass is 16.3. The highest BCUT2D eigenvalue weighted by molar-refractivity contribution is 5.91. The van der Waals surface area contributed by atoms with Crippen molar-refractivity contribution in [3.63, 3.8) is 0 Å². The van der Waals surface area contributed by atoms with Crippen LogP contribution in [0.5, 0.6) is 0 Å². The molecule has 0 bridgehead atoms. The second kappa shape index (κ2) is 11.3. The first-order valence-electron chi connectivity index (χ1n) is 18.1. The Morgan fingerprint density at radius 1 is 0.674 bits per heavy atom. The lowest BCUT2D eigenvalue weighted by Gasteiger charge is -2.55. The van der Waals surface area contributed by atoms with Gasteiger partial charge in [-0.15, -0.1) is 0 Å². The average molecular weight is 591 g/mol. The van der Waals surface area contributed by atoms with Gasteiger partial charge < -0.3 is 10.2 Å². The molecule has 0 aromatic rings. The Morgan fingerprint density at radius 2 is 1.21 bits per heavy atom. The molecule has 0 saturated heterocycles. The van der Waals surface area contributed by atoms with Crippen LogP contribution in [-0.4, -0.2) is 39.8 Å². The van der Waals surface area contributed by atoms with E-state index in [0.29, 0.717) is 72.3 Å². The van der Waals surface area contributed by atoms with Gasteiger partial charge in [0.05, 0.1) is 12.2 Å². The molecule has 6 saturated carbocycles. The van der Waals surface area contributed by atoms with Crippen molar-refractivity contribution >= 4 is 17.3 Å². The molecule has 236 valence electrons. The number of hydrogen-bond acceptors (Lipinski definition) is 5. The van der Waals surface area contributed by atoms with E-state index in [4.69, 9.17) is 0 Å². The lowest BCUT2D eigenvalue weighted by molar-refractivity contribution is -0.143. The van der Waals surface area contributed by atoms with Gasteiger partial charge >= 0.3 is 0 Å². The number of aliphatic hydroxyl groups excluding tert-OH is 2. The molecule has 5 heteroatoms. The molecule has 2 N–H and O–H groups in total. The van der Waals surface area contributed by atoms with Gasteiger partial charge in [0, 0.05) is 30.1 Å². The fourth-order valence-corrected chi connectivity index (χ4v) is 13.0. The molecule has 8 aliphatic rings. The van der Waals surface area contributed by atoms with Gasteiger partial charge in [0.1, 0.15) is 11.6 Å². The Labute approximate surface area is 258 Å². The minimum absolute atomic E-state index is 0.170. The summed E-state index contributed by atoms with van der Waals surface area (Å²) in [6.07, 6.45) is 20.3. The third kappa shape index (κ3) is 4.55. The van der Waals surface area contributed by atoms with Crippen molar-refractivity contribution in [2.24, 2.45) is 58.2 Å². The molecule has 0 heterocycles. The summed E-state index contributed by atoms with van der Waals surface area (Å²) in [6, 6.07) is 0. The fourth-order valence-electron chi connectivity index (χ4n) is 13.0. The summed E-state index contributed by atoms with van der Waals surface area (Å²) in [6.45, 7) is 4.29. The molecule has 0 aromatic heterocycles. The number of ketones is 3. The maximum Gasteiger partial charge on any atom is 0.155 e. The zero-order chi connectivity index (χ0) is 30.1. The molecule has 2 unspecified atom stereocenters. The number of rotatable bonds is 2. The van der Waals surface area contributed by atoms with E-state index in [-0.39, 0.29) is 34.7 Å². The summed E-state index contributed by atoms with van der Waals surface area (Å²) in [5, 5.41) is 21.8. The fraction of sp³-hybridized carbons (Fsp3) is 0.816. The van der Waals surface area contributed by atoms with Crippen molar-refractivity contribution < 1.29 is 24.6 Å².